The van der Waals surface area contributed by atoms with Gasteiger partial charge in [0.1, 0.15) is 0 Å². The SMILES string of the molecule is CN(C)CC(COCCCN)COCCCN. The van der Waals surface area contributed by atoms with Gasteiger partial charge in [0.2, 0.25) is 0 Å². The smallest absolute Gasteiger partial charge is 0.0528 e. The Hall–Kier alpha value is -0.200. The largest absolute Gasteiger partial charge is 0.381 e. The summed E-state index contributed by atoms with van der Waals surface area (Å²) in [6, 6.07) is 0. The van der Waals surface area contributed by atoms with Crippen LogP contribution in [0.5, 0.6) is 0 Å². The van der Waals surface area contributed by atoms with Crippen LogP contribution in [0, 0.1) is 5.92 Å². The second-order valence-electron chi connectivity index (χ2n) is 4.56. The fourth-order valence-corrected chi connectivity index (χ4v) is 1.54. The monoisotopic (exact) mass is 247 g/mol. The van der Waals surface area contributed by atoms with Gasteiger partial charge in [-0.05, 0) is 40.0 Å². The van der Waals surface area contributed by atoms with E-state index >= 15 is 0 Å². The molecule has 0 unspecified atom stereocenters. The van der Waals surface area contributed by atoms with Crippen LogP contribution in [0.15, 0.2) is 0 Å². The van der Waals surface area contributed by atoms with Crippen molar-refractivity contribution in [2.45, 2.75) is 12.8 Å². The maximum absolute atomic E-state index is 5.58. The fourth-order valence-electron chi connectivity index (χ4n) is 1.54. The van der Waals surface area contributed by atoms with Crippen LogP contribution in [0.3, 0.4) is 0 Å². The van der Waals surface area contributed by atoms with E-state index in [4.69, 9.17) is 20.9 Å². The highest BCUT2D eigenvalue weighted by Crippen LogP contribution is 2.02. The van der Waals surface area contributed by atoms with Gasteiger partial charge in [-0.1, -0.05) is 0 Å². The van der Waals surface area contributed by atoms with Gasteiger partial charge < -0.3 is 25.8 Å². The second-order valence-corrected chi connectivity index (χ2v) is 4.56. The molecule has 5 heteroatoms. The maximum Gasteiger partial charge on any atom is 0.0528 e. The molecule has 0 amide bonds. The normalized spacial score (nSPS) is 11.6. The summed E-state index contributed by atoms with van der Waals surface area (Å²) in [6.45, 7) is 5.30. The van der Waals surface area contributed by atoms with E-state index < -0.39 is 0 Å². The predicted molar refractivity (Wildman–Crippen MR) is 71.0 cm³/mol. The molecule has 104 valence electrons. The van der Waals surface area contributed by atoms with Crippen molar-refractivity contribution in [1.29, 1.82) is 0 Å². The van der Waals surface area contributed by atoms with Gasteiger partial charge in [-0.2, -0.15) is 0 Å². The average molecular weight is 247 g/mol. The van der Waals surface area contributed by atoms with Gasteiger partial charge in [-0.15, -0.1) is 0 Å². The quantitative estimate of drug-likeness (QED) is 0.471. The summed E-state index contributed by atoms with van der Waals surface area (Å²) in [7, 11) is 4.12. The summed E-state index contributed by atoms with van der Waals surface area (Å²) in [5.74, 6) is 0.417. The highest BCUT2D eigenvalue weighted by atomic mass is 16.5. The molecule has 0 aliphatic rings. The van der Waals surface area contributed by atoms with Crippen LogP contribution in [0.2, 0.25) is 0 Å². The molecule has 0 fully saturated rings. The molecule has 0 saturated heterocycles. The van der Waals surface area contributed by atoms with Crippen LogP contribution in [0.4, 0.5) is 0 Å². The molecule has 0 atom stereocenters. The van der Waals surface area contributed by atoms with E-state index in [1.54, 1.807) is 0 Å². The lowest BCUT2D eigenvalue weighted by Gasteiger charge is -2.21. The molecule has 0 radical (unpaired) electrons. The van der Waals surface area contributed by atoms with Gasteiger partial charge in [0, 0.05) is 25.7 Å². The zero-order valence-corrected chi connectivity index (χ0v) is 11.4. The zero-order valence-electron chi connectivity index (χ0n) is 11.4. The van der Waals surface area contributed by atoms with Crippen molar-refractivity contribution in [2.75, 3.05) is 60.2 Å². The first-order valence-corrected chi connectivity index (χ1v) is 6.41. The van der Waals surface area contributed by atoms with Crippen molar-refractivity contribution in [3.63, 3.8) is 0 Å². The van der Waals surface area contributed by atoms with Crippen LogP contribution in [-0.2, 0) is 9.47 Å². The molecule has 0 spiro atoms. The average Bonchev–Trinajstić information content (AvgIpc) is 2.29. The van der Waals surface area contributed by atoms with Crippen molar-refractivity contribution in [2.24, 2.45) is 17.4 Å². The number of rotatable bonds is 12. The third-order valence-electron chi connectivity index (χ3n) is 2.32. The first-order chi connectivity index (χ1) is 8.20. The molecule has 0 bridgehead atoms. The van der Waals surface area contributed by atoms with Crippen LogP contribution in [0.1, 0.15) is 12.8 Å². The van der Waals surface area contributed by atoms with E-state index in [9.17, 15) is 0 Å². The number of hydrogen-bond acceptors (Lipinski definition) is 5. The van der Waals surface area contributed by atoms with Crippen LogP contribution in [0.25, 0.3) is 0 Å². The Balaban J connectivity index is 3.64. The van der Waals surface area contributed by atoms with E-state index in [-0.39, 0.29) is 0 Å². The molecule has 0 aromatic rings. The Labute approximate surface area is 105 Å². The summed E-state index contributed by atoms with van der Waals surface area (Å²) in [6.07, 6.45) is 1.84. The van der Waals surface area contributed by atoms with E-state index in [0.29, 0.717) is 19.0 Å². The highest BCUT2D eigenvalue weighted by Gasteiger charge is 2.10. The van der Waals surface area contributed by atoms with Crippen molar-refractivity contribution < 1.29 is 9.47 Å². The Morgan fingerprint density at radius 1 is 0.941 bits per heavy atom. The summed E-state index contributed by atoms with van der Waals surface area (Å²) in [5, 5.41) is 0. The van der Waals surface area contributed by atoms with Crippen molar-refractivity contribution in [1.82, 2.24) is 4.90 Å². The lowest BCUT2D eigenvalue weighted by molar-refractivity contribution is 0.0293. The molecule has 0 aromatic carbocycles. The minimum atomic E-state index is 0.417. The Kier molecular flexibility index (Phi) is 12.1. The van der Waals surface area contributed by atoms with Crippen LogP contribution in [-0.4, -0.2) is 65.1 Å². The predicted octanol–water partition coefficient (Wildman–Crippen LogP) is -0.105. The van der Waals surface area contributed by atoms with Crippen LogP contribution < -0.4 is 11.5 Å². The third-order valence-corrected chi connectivity index (χ3v) is 2.32. The van der Waals surface area contributed by atoms with Gasteiger partial charge in [0.05, 0.1) is 13.2 Å². The Morgan fingerprint density at radius 2 is 1.41 bits per heavy atom. The maximum atomic E-state index is 5.58. The van der Waals surface area contributed by atoms with E-state index in [1.807, 2.05) is 0 Å². The lowest BCUT2D eigenvalue weighted by atomic mass is 10.1. The number of ether oxygens (including phenoxy) is 2. The summed E-state index contributed by atoms with van der Waals surface area (Å²) in [4.78, 5) is 2.16. The first-order valence-electron chi connectivity index (χ1n) is 6.41. The van der Waals surface area contributed by atoms with Gasteiger partial charge in [-0.3, -0.25) is 0 Å². The minimum Gasteiger partial charge on any atom is -0.381 e. The van der Waals surface area contributed by atoms with E-state index in [2.05, 4.69) is 19.0 Å². The highest BCUT2D eigenvalue weighted by molar-refractivity contribution is 4.61. The van der Waals surface area contributed by atoms with E-state index in [1.165, 1.54) is 0 Å². The molecule has 0 saturated carbocycles. The number of nitrogens with two attached hydrogens (primary N) is 2. The fraction of sp³-hybridized carbons (Fsp3) is 1.00. The second kappa shape index (κ2) is 12.3. The molecule has 0 heterocycles. The Morgan fingerprint density at radius 3 is 1.76 bits per heavy atom. The van der Waals surface area contributed by atoms with Gasteiger partial charge >= 0.3 is 0 Å². The summed E-state index contributed by atoms with van der Waals surface area (Å²) >= 11 is 0. The summed E-state index contributed by atoms with van der Waals surface area (Å²) < 4.78 is 11.2. The third kappa shape index (κ3) is 12.1. The number of nitrogens with zero attached hydrogens (tertiary/aromatic N) is 1. The topological polar surface area (TPSA) is 73.7 Å². The van der Waals surface area contributed by atoms with Crippen molar-refractivity contribution in [3.8, 4) is 0 Å². The molecular weight excluding hydrogens is 218 g/mol. The molecule has 0 aliphatic carbocycles. The number of hydrogen-bond donors (Lipinski definition) is 2. The van der Waals surface area contributed by atoms with Crippen molar-refractivity contribution >= 4 is 0 Å². The van der Waals surface area contributed by atoms with Gasteiger partial charge in [0.15, 0.2) is 0 Å². The standard InChI is InChI=1S/C12H29N3O2/c1-15(2)9-12(10-16-7-3-5-13)11-17-8-4-6-14/h12H,3-11,13-14H2,1-2H3. The van der Waals surface area contributed by atoms with Gasteiger partial charge in [-0.25, -0.2) is 0 Å². The van der Waals surface area contributed by atoms with Crippen LogP contribution >= 0.6 is 0 Å². The molecule has 17 heavy (non-hydrogen) atoms. The molecule has 0 aromatic heterocycles. The lowest BCUT2D eigenvalue weighted by Crippen LogP contribution is -2.29. The zero-order chi connectivity index (χ0) is 12.9. The minimum absolute atomic E-state index is 0.417. The first kappa shape index (κ1) is 16.8. The molecule has 0 aliphatic heterocycles. The van der Waals surface area contributed by atoms with E-state index in [0.717, 1.165) is 45.8 Å². The van der Waals surface area contributed by atoms with Crippen molar-refractivity contribution in [3.05, 3.63) is 0 Å². The summed E-state index contributed by atoms with van der Waals surface area (Å²) in [5.41, 5.74) is 10.8. The molecule has 5 nitrogen and oxygen atoms in total. The molecule has 4 N–H and O–H groups in total. The van der Waals surface area contributed by atoms with Gasteiger partial charge in [0.25, 0.3) is 0 Å². The Bertz CT molecular complexity index is 145. The molecular formula is C12H29N3O2. The molecule has 0 rings (SSSR count).